The zero-order chi connectivity index (χ0) is 26.8. The first-order valence-corrected chi connectivity index (χ1v) is 13.2. The molecule has 9 heteroatoms. The molecule has 1 aliphatic rings. The lowest BCUT2D eigenvalue weighted by Crippen LogP contribution is -2.33. The minimum atomic E-state index is -4.21. The molecule has 1 heterocycles. The summed E-state index contributed by atoms with van der Waals surface area (Å²) in [6.45, 7) is 5.16. The number of aliphatic hydroxyl groups is 1. The number of aryl methyl sites for hydroxylation is 1. The molecule has 0 saturated carbocycles. The highest BCUT2D eigenvalue weighted by molar-refractivity contribution is 7.87. The maximum absolute atomic E-state index is 13.2. The molecule has 0 amide bonds. The maximum atomic E-state index is 13.2. The van der Waals surface area contributed by atoms with E-state index < -0.39 is 22.5 Å². The summed E-state index contributed by atoms with van der Waals surface area (Å²) in [4.78, 5) is 13.2. The number of Topliss-reactive ketones (excluding diaryl/α,β-unsaturated/α-hetero) is 1. The van der Waals surface area contributed by atoms with Crippen LogP contribution in [-0.2, 0) is 23.1 Å². The van der Waals surface area contributed by atoms with E-state index in [1.807, 2.05) is 20.8 Å². The highest BCUT2D eigenvalue weighted by Gasteiger charge is 2.30. The zero-order valence-electron chi connectivity index (χ0n) is 21.2. The summed E-state index contributed by atoms with van der Waals surface area (Å²) in [6.07, 6.45) is 1.40. The first-order chi connectivity index (χ1) is 17.5. The highest BCUT2D eigenvalue weighted by atomic mass is 32.2. The normalized spacial score (nSPS) is 14.3. The van der Waals surface area contributed by atoms with Crippen LogP contribution >= 0.6 is 0 Å². The van der Waals surface area contributed by atoms with Crippen LogP contribution in [0.15, 0.2) is 59.5 Å². The van der Waals surface area contributed by atoms with Crippen molar-refractivity contribution >= 4 is 15.9 Å². The molecule has 1 aliphatic heterocycles. The third-order valence-corrected chi connectivity index (χ3v) is 7.43. The van der Waals surface area contributed by atoms with Gasteiger partial charge in [-0.2, -0.15) is 8.42 Å². The van der Waals surface area contributed by atoms with Gasteiger partial charge in [0.2, 0.25) is 5.78 Å². The molecule has 0 aromatic heterocycles. The second-order valence-corrected chi connectivity index (χ2v) is 11.0. The topological polar surface area (TPSA) is 108 Å². The molecule has 0 spiro atoms. The molecule has 8 nitrogen and oxygen atoms in total. The number of aliphatic hydroxyl groups excluding tert-OH is 1. The Hall–Kier alpha value is -3.56. The first-order valence-electron chi connectivity index (χ1n) is 11.8. The average molecular weight is 527 g/mol. The van der Waals surface area contributed by atoms with Gasteiger partial charge in [0.25, 0.3) is 0 Å². The van der Waals surface area contributed by atoms with Crippen LogP contribution in [0, 0.1) is 6.92 Å². The molecule has 0 unspecified atom stereocenters. The van der Waals surface area contributed by atoms with E-state index in [2.05, 4.69) is 0 Å². The molecule has 3 aromatic carbocycles. The molecule has 0 bridgehead atoms. The van der Waals surface area contributed by atoms with Crippen LogP contribution in [0.25, 0.3) is 0 Å². The lowest BCUT2D eigenvalue weighted by molar-refractivity contribution is 0.0813. The van der Waals surface area contributed by atoms with E-state index >= 15 is 0 Å². The van der Waals surface area contributed by atoms with E-state index in [0.29, 0.717) is 29.2 Å². The maximum Gasteiger partial charge on any atom is 0.339 e. The highest BCUT2D eigenvalue weighted by Crippen LogP contribution is 2.40. The standard InChI is InChI=1S/C28H30O8S/c1-18-5-9-21(10-6-18)37(31,32)36-26-15-20(33-4)8-11-22(26)24(30)17-34-27-19(16-29)7-12-25-23(27)13-14-28(2,3)35-25/h5-12,15,29H,13-14,16-17H2,1-4H3. The number of methoxy groups -OCH3 is 1. The lowest BCUT2D eigenvalue weighted by Gasteiger charge is -2.33. The minimum absolute atomic E-state index is 0.0178. The number of benzene rings is 3. The number of rotatable bonds is 9. The van der Waals surface area contributed by atoms with Gasteiger partial charge >= 0.3 is 10.1 Å². The van der Waals surface area contributed by atoms with Gasteiger partial charge in [-0.25, -0.2) is 0 Å². The van der Waals surface area contributed by atoms with E-state index in [9.17, 15) is 18.3 Å². The van der Waals surface area contributed by atoms with E-state index in [1.54, 1.807) is 24.3 Å². The minimum Gasteiger partial charge on any atom is -0.497 e. The van der Waals surface area contributed by atoms with Gasteiger partial charge in [0.15, 0.2) is 12.4 Å². The summed E-state index contributed by atoms with van der Waals surface area (Å²) < 4.78 is 48.4. The third kappa shape index (κ3) is 5.89. The molecule has 0 saturated heterocycles. The Balaban J connectivity index is 1.61. The molecule has 0 aliphatic carbocycles. The molecular weight excluding hydrogens is 496 g/mol. The number of carbonyl (C=O) groups excluding carboxylic acids is 1. The third-order valence-electron chi connectivity index (χ3n) is 6.18. The smallest absolute Gasteiger partial charge is 0.339 e. The largest absolute Gasteiger partial charge is 0.497 e. The Labute approximate surface area is 216 Å². The molecule has 4 rings (SSSR count). The SMILES string of the molecule is COc1ccc(C(=O)COc2c(CO)ccc3c2CCC(C)(C)O3)c(OS(=O)(=O)c2ccc(C)cc2)c1. The van der Waals surface area contributed by atoms with E-state index in [-0.39, 0.29) is 28.4 Å². The molecular formula is C28H30O8S. The molecule has 196 valence electrons. The fraction of sp³-hybridized carbons (Fsp3) is 0.321. The summed E-state index contributed by atoms with van der Waals surface area (Å²) in [5.74, 6) is 0.693. The summed E-state index contributed by atoms with van der Waals surface area (Å²) in [5, 5.41) is 9.85. The van der Waals surface area contributed by atoms with Crippen molar-refractivity contribution in [2.45, 2.75) is 50.7 Å². The number of hydrogen-bond acceptors (Lipinski definition) is 8. The first kappa shape index (κ1) is 26.5. The van der Waals surface area contributed by atoms with Crippen molar-refractivity contribution in [1.82, 2.24) is 0 Å². The predicted octanol–water partition coefficient (Wildman–Crippen LogP) is 4.63. The van der Waals surface area contributed by atoms with Gasteiger partial charge in [-0.3, -0.25) is 4.79 Å². The second-order valence-electron chi connectivity index (χ2n) is 9.47. The summed E-state index contributed by atoms with van der Waals surface area (Å²) >= 11 is 0. The molecule has 3 aromatic rings. The Morgan fingerprint density at radius 2 is 1.81 bits per heavy atom. The quantitative estimate of drug-likeness (QED) is 0.318. The van der Waals surface area contributed by atoms with Gasteiger partial charge in [-0.1, -0.05) is 17.7 Å². The van der Waals surface area contributed by atoms with Crippen LogP contribution < -0.4 is 18.4 Å². The average Bonchev–Trinajstić information content (AvgIpc) is 2.86. The lowest BCUT2D eigenvalue weighted by atomic mass is 9.92. The Morgan fingerprint density at radius 1 is 1.08 bits per heavy atom. The van der Waals surface area contributed by atoms with E-state index in [4.69, 9.17) is 18.4 Å². The summed E-state index contributed by atoms with van der Waals surface area (Å²) in [7, 11) is -2.78. The van der Waals surface area contributed by atoms with Crippen molar-refractivity contribution in [3.8, 4) is 23.0 Å². The van der Waals surface area contributed by atoms with Crippen molar-refractivity contribution < 1.29 is 36.7 Å². The van der Waals surface area contributed by atoms with Crippen molar-refractivity contribution in [2.24, 2.45) is 0 Å². The van der Waals surface area contributed by atoms with Crippen molar-refractivity contribution in [3.63, 3.8) is 0 Å². The van der Waals surface area contributed by atoms with Gasteiger partial charge in [-0.15, -0.1) is 0 Å². The second kappa shape index (κ2) is 10.4. The van der Waals surface area contributed by atoms with Crippen LogP contribution in [0.3, 0.4) is 0 Å². The number of ketones is 1. The fourth-order valence-electron chi connectivity index (χ4n) is 4.09. The fourth-order valence-corrected chi connectivity index (χ4v) is 5.03. The van der Waals surface area contributed by atoms with Gasteiger partial charge in [-0.05, 0) is 70.0 Å². The van der Waals surface area contributed by atoms with Gasteiger partial charge in [0.1, 0.15) is 27.7 Å². The van der Waals surface area contributed by atoms with Crippen LogP contribution in [0.5, 0.6) is 23.0 Å². The number of hydrogen-bond donors (Lipinski definition) is 1. The summed E-state index contributed by atoms with van der Waals surface area (Å²) in [6, 6.07) is 14.0. The van der Waals surface area contributed by atoms with Gasteiger partial charge in [0.05, 0.1) is 19.3 Å². The number of fused-ring (bicyclic) bond motifs is 1. The number of carbonyl (C=O) groups is 1. The molecule has 0 atom stereocenters. The van der Waals surface area contributed by atoms with Crippen molar-refractivity contribution in [1.29, 1.82) is 0 Å². The van der Waals surface area contributed by atoms with Crippen LogP contribution in [-0.4, -0.2) is 38.6 Å². The van der Waals surface area contributed by atoms with Crippen LogP contribution in [0.4, 0.5) is 0 Å². The van der Waals surface area contributed by atoms with Crippen LogP contribution in [0.2, 0.25) is 0 Å². The Bertz CT molecular complexity index is 1410. The molecule has 0 fully saturated rings. The molecule has 0 radical (unpaired) electrons. The predicted molar refractivity (Wildman–Crippen MR) is 137 cm³/mol. The molecule has 1 N–H and O–H groups in total. The van der Waals surface area contributed by atoms with Gasteiger partial charge in [0, 0.05) is 17.2 Å². The Morgan fingerprint density at radius 3 is 2.49 bits per heavy atom. The van der Waals surface area contributed by atoms with E-state index in [1.165, 1.54) is 37.4 Å². The summed E-state index contributed by atoms with van der Waals surface area (Å²) in [5.41, 5.74) is 1.89. The Kier molecular flexibility index (Phi) is 7.47. The zero-order valence-corrected chi connectivity index (χ0v) is 22.1. The van der Waals surface area contributed by atoms with Gasteiger partial charge < -0.3 is 23.5 Å². The van der Waals surface area contributed by atoms with Crippen LogP contribution in [0.1, 0.15) is 47.3 Å². The molecule has 37 heavy (non-hydrogen) atoms. The number of ether oxygens (including phenoxy) is 3. The monoisotopic (exact) mass is 526 g/mol. The van der Waals surface area contributed by atoms with Crippen molar-refractivity contribution in [3.05, 3.63) is 76.9 Å². The van der Waals surface area contributed by atoms with Crippen molar-refractivity contribution in [2.75, 3.05) is 13.7 Å². The van der Waals surface area contributed by atoms with E-state index in [0.717, 1.165) is 17.5 Å².